The fourth-order valence-corrected chi connectivity index (χ4v) is 1.41. The van der Waals surface area contributed by atoms with Crippen LogP contribution in [0.3, 0.4) is 0 Å². The Hall–Kier alpha value is -2.14. The molecule has 1 amide bonds. The molecule has 0 aliphatic heterocycles. The highest BCUT2D eigenvalue weighted by Gasteiger charge is 2.02. The van der Waals surface area contributed by atoms with Crippen molar-refractivity contribution >= 4 is 11.9 Å². The largest absolute Gasteiger partial charge is 0.478 e. The summed E-state index contributed by atoms with van der Waals surface area (Å²) < 4.78 is 5.05. The molecule has 1 rings (SSSR count). The Morgan fingerprint density at radius 1 is 1.28 bits per heavy atom. The van der Waals surface area contributed by atoms with Crippen molar-refractivity contribution < 1.29 is 19.4 Å². The minimum atomic E-state index is -1.15. The van der Waals surface area contributed by atoms with Crippen molar-refractivity contribution in [2.75, 3.05) is 7.11 Å². The molecule has 5 nitrogen and oxygen atoms in total. The zero-order valence-electron chi connectivity index (χ0n) is 10.1. The molecule has 0 heterocycles. The van der Waals surface area contributed by atoms with Gasteiger partial charge in [-0.25, -0.2) is 4.79 Å². The molecule has 0 unspecified atom stereocenters. The monoisotopic (exact) mass is 249 g/mol. The van der Waals surface area contributed by atoms with Crippen molar-refractivity contribution in [3.63, 3.8) is 0 Å². The quantitative estimate of drug-likeness (QED) is 0.740. The van der Waals surface area contributed by atoms with E-state index in [9.17, 15) is 9.59 Å². The highest BCUT2D eigenvalue weighted by Crippen LogP contribution is 2.09. The molecule has 2 N–H and O–H groups in total. The number of carboxylic acid groups (broad SMARTS) is 1. The number of benzene rings is 1. The molecule has 18 heavy (non-hydrogen) atoms. The van der Waals surface area contributed by atoms with Gasteiger partial charge in [0.2, 0.25) is 5.91 Å². The molecule has 1 aromatic carbocycles. The summed E-state index contributed by atoms with van der Waals surface area (Å²) in [4.78, 5) is 21.5. The predicted molar refractivity (Wildman–Crippen MR) is 65.8 cm³/mol. The van der Waals surface area contributed by atoms with Crippen molar-refractivity contribution in [1.29, 1.82) is 0 Å². The van der Waals surface area contributed by atoms with Crippen LogP contribution in [0.5, 0.6) is 0 Å². The third-order valence-electron chi connectivity index (χ3n) is 2.25. The summed E-state index contributed by atoms with van der Waals surface area (Å²) in [6, 6.07) is 7.56. The van der Waals surface area contributed by atoms with Crippen LogP contribution in [-0.4, -0.2) is 24.1 Å². The number of carbonyl (C=O) groups is 2. The lowest BCUT2D eigenvalue weighted by Gasteiger charge is -2.08. The Kier molecular flexibility index (Phi) is 5.60. The number of amides is 1. The number of aliphatic carboxylic acids is 1. The van der Waals surface area contributed by atoms with E-state index in [1.54, 1.807) is 7.11 Å². The van der Waals surface area contributed by atoms with Crippen LogP contribution in [0.2, 0.25) is 0 Å². The van der Waals surface area contributed by atoms with Gasteiger partial charge in [0, 0.05) is 25.8 Å². The second-order valence-corrected chi connectivity index (χ2v) is 3.59. The van der Waals surface area contributed by atoms with Gasteiger partial charge < -0.3 is 15.2 Å². The zero-order chi connectivity index (χ0) is 13.4. The fraction of sp³-hybridized carbons (Fsp3) is 0.231. The highest BCUT2D eigenvalue weighted by molar-refractivity contribution is 5.93. The van der Waals surface area contributed by atoms with Gasteiger partial charge in [0.15, 0.2) is 0 Å². The third kappa shape index (κ3) is 4.80. The summed E-state index contributed by atoms with van der Waals surface area (Å²) in [7, 11) is 1.60. The van der Waals surface area contributed by atoms with Gasteiger partial charge in [-0.3, -0.25) is 4.79 Å². The number of ether oxygens (including phenoxy) is 1. The molecular weight excluding hydrogens is 234 g/mol. The first kappa shape index (κ1) is 13.9. The van der Waals surface area contributed by atoms with Crippen LogP contribution in [-0.2, 0) is 27.5 Å². The van der Waals surface area contributed by atoms with E-state index in [1.807, 2.05) is 24.3 Å². The Morgan fingerprint density at radius 3 is 2.56 bits per heavy atom. The average molecular weight is 249 g/mol. The van der Waals surface area contributed by atoms with E-state index in [4.69, 9.17) is 9.84 Å². The summed E-state index contributed by atoms with van der Waals surface area (Å²) in [5, 5.41) is 11.0. The topological polar surface area (TPSA) is 75.6 Å². The predicted octanol–water partition coefficient (Wildman–Crippen LogP) is 1.09. The zero-order valence-corrected chi connectivity index (χ0v) is 10.1. The van der Waals surface area contributed by atoms with E-state index in [0.717, 1.165) is 23.3 Å². The summed E-state index contributed by atoms with van der Waals surface area (Å²) >= 11 is 0. The van der Waals surface area contributed by atoms with Crippen molar-refractivity contribution in [2.24, 2.45) is 0 Å². The summed E-state index contributed by atoms with van der Waals surface area (Å²) in [6.07, 6.45) is 1.79. The van der Waals surface area contributed by atoms with Gasteiger partial charge >= 0.3 is 5.97 Å². The highest BCUT2D eigenvalue weighted by atomic mass is 16.5. The molecule has 0 aliphatic rings. The van der Waals surface area contributed by atoms with Crippen LogP contribution in [0, 0.1) is 0 Å². The molecule has 5 heteroatoms. The Morgan fingerprint density at radius 2 is 1.94 bits per heavy atom. The van der Waals surface area contributed by atoms with Crippen LogP contribution in [0.15, 0.2) is 36.4 Å². The molecule has 0 aromatic heterocycles. The molecule has 0 bridgehead atoms. The molecular formula is C13H15NO4. The maximum Gasteiger partial charge on any atom is 0.328 e. The SMILES string of the molecule is COCc1ccccc1CNC(=O)/C=C/C(=O)O. The van der Waals surface area contributed by atoms with Gasteiger partial charge in [-0.05, 0) is 11.1 Å². The van der Waals surface area contributed by atoms with Gasteiger partial charge in [-0.1, -0.05) is 24.3 Å². The van der Waals surface area contributed by atoms with E-state index < -0.39 is 11.9 Å². The lowest BCUT2D eigenvalue weighted by atomic mass is 10.1. The molecule has 0 radical (unpaired) electrons. The lowest BCUT2D eigenvalue weighted by molar-refractivity contribution is -0.131. The molecule has 0 spiro atoms. The normalized spacial score (nSPS) is 10.5. The number of methoxy groups -OCH3 is 1. The van der Waals surface area contributed by atoms with Crippen molar-refractivity contribution in [2.45, 2.75) is 13.2 Å². The van der Waals surface area contributed by atoms with Gasteiger partial charge in [0.1, 0.15) is 0 Å². The third-order valence-corrected chi connectivity index (χ3v) is 2.25. The average Bonchev–Trinajstić information content (AvgIpc) is 2.35. The van der Waals surface area contributed by atoms with Crippen LogP contribution in [0.4, 0.5) is 0 Å². The molecule has 1 aromatic rings. The summed E-state index contributed by atoms with van der Waals surface area (Å²) in [6.45, 7) is 0.805. The van der Waals surface area contributed by atoms with E-state index in [2.05, 4.69) is 5.32 Å². The maximum atomic E-state index is 11.3. The van der Waals surface area contributed by atoms with Crippen molar-refractivity contribution in [1.82, 2.24) is 5.32 Å². The number of hydrogen-bond donors (Lipinski definition) is 2. The minimum absolute atomic E-state index is 0.336. The number of rotatable bonds is 6. The number of carbonyl (C=O) groups excluding carboxylic acids is 1. The number of carboxylic acids is 1. The fourth-order valence-electron chi connectivity index (χ4n) is 1.41. The van der Waals surface area contributed by atoms with Gasteiger partial charge in [-0.15, -0.1) is 0 Å². The number of nitrogens with one attached hydrogen (secondary N) is 1. The first-order chi connectivity index (χ1) is 8.63. The Bertz CT molecular complexity index is 454. The van der Waals surface area contributed by atoms with Crippen LogP contribution >= 0.6 is 0 Å². The lowest BCUT2D eigenvalue weighted by Crippen LogP contribution is -2.21. The van der Waals surface area contributed by atoms with Crippen molar-refractivity contribution in [3.8, 4) is 0 Å². The molecule has 0 fully saturated rings. The maximum absolute atomic E-state index is 11.3. The van der Waals surface area contributed by atoms with E-state index in [1.165, 1.54) is 0 Å². The smallest absolute Gasteiger partial charge is 0.328 e. The standard InChI is InChI=1S/C13H15NO4/c1-18-9-11-5-3-2-4-10(11)8-14-12(15)6-7-13(16)17/h2-7H,8-9H2,1H3,(H,14,15)(H,16,17)/b7-6+. The first-order valence-electron chi connectivity index (χ1n) is 5.38. The number of hydrogen-bond acceptors (Lipinski definition) is 3. The van der Waals surface area contributed by atoms with Crippen LogP contribution in [0.25, 0.3) is 0 Å². The molecule has 0 aliphatic carbocycles. The van der Waals surface area contributed by atoms with Crippen LogP contribution in [0.1, 0.15) is 11.1 Å². The van der Waals surface area contributed by atoms with E-state index >= 15 is 0 Å². The second kappa shape index (κ2) is 7.24. The summed E-state index contributed by atoms with van der Waals surface area (Å²) in [5.74, 6) is -1.59. The Labute approximate surface area is 105 Å². The van der Waals surface area contributed by atoms with E-state index in [-0.39, 0.29) is 0 Å². The molecule has 0 saturated carbocycles. The second-order valence-electron chi connectivity index (χ2n) is 3.59. The molecule has 96 valence electrons. The van der Waals surface area contributed by atoms with Gasteiger partial charge in [0.05, 0.1) is 6.61 Å². The van der Waals surface area contributed by atoms with Crippen LogP contribution < -0.4 is 5.32 Å². The van der Waals surface area contributed by atoms with Gasteiger partial charge in [0.25, 0.3) is 0 Å². The Balaban J connectivity index is 2.57. The van der Waals surface area contributed by atoms with E-state index in [0.29, 0.717) is 13.2 Å². The minimum Gasteiger partial charge on any atom is -0.478 e. The van der Waals surface area contributed by atoms with Gasteiger partial charge in [-0.2, -0.15) is 0 Å². The molecule has 0 atom stereocenters. The first-order valence-corrected chi connectivity index (χ1v) is 5.38. The van der Waals surface area contributed by atoms with Crippen molar-refractivity contribution in [3.05, 3.63) is 47.5 Å². The summed E-state index contributed by atoms with van der Waals surface area (Å²) in [5.41, 5.74) is 1.93. The molecule has 0 saturated heterocycles.